The molecule has 0 amide bonds. The Balaban J connectivity index is 3.23. The van der Waals surface area contributed by atoms with Crippen LogP contribution in [0.5, 0.6) is 0 Å². The van der Waals surface area contributed by atoms with Crippen molar-refractivity contribution in [2.75, 3.05) is 7.11 Å². The molecule has 0 aliphatic rings. The minimum atomic E-state index is -1.04. The number of esters is 1. The molecule has 0 radical (unpaired) electrons. The fourth-order valence-electron chi connectivity index (χ4n) is 1.11. The summed E-state index contributed by atoms with van der Waals surface area (Å²) in [5.41, 5.74) is -0.653. The van der Waals surface area contributed by atoms with Crippen molar-refractivity contribution >= 4 is 17.7 Å². The predicted octanol–water partition coefficient (Wildman–Crippen LogP) is 1.81. The van der Waals surface area contributed by atoms with Crippen LogP contribution in [0.25, 0.3) is 6.08 Å². The minimum Gasteiger partial charge on any atom is -0.502 e. The van der Waals surface area contributed by atoms with Gasteiger partial charge in [0.1, 0.15) is 5.82 Å². The maximum Gasteiger partial charge on any atom is 0.373 e. The second-order valence-electron chi connectivity index (χ2n) is 2.98. The van der Waals surface area contributed by atoms with Crippen molar-refractivity contribution in [2.45, 2.75) is 0 Å². The van der Waals surface area contributed by atoms with E-state index in [0.29, 0.717) is 6.07 Å². The normalized spacial score (nSPS) is 11.1. The molecule has 0 bridgehead atoms. The van der Waals surface area contributed by atoms with Crippen molar-refractivity contribution in [3.63, 3.8) is 0 Å². The van der Waals surface area contributed by atoms with Gasteiger partial charge in [0.25, 0.3) is 5.69 Å². The highest BCUT2D eigenvalue weighted by Gasteiger charge is 2.16. The number of ether oxygens (including phenoxy) is 1. The zero-order chi connectivity index (χ0) is 13.0. The highest BCUT2D eigenvalue weighted by Crippen LogP contribution is 2.22. The molecule has 0 unspecified atom stereocenters. The average Bonchev–Trinajstić information content (AvgIpc) is 2.29. The van der Waals surface area contributed by atoms with Gasteiger partial charge in [-0.1, -0.05) is 0 Å². The Bertz CT molecular complexity index is 497. The smallest absolute Gasteiger partial charge is 0.373 e. The summed E-state index contributed by atoms with van der Waals surface area (Å²) >= 11 is 0. The molecule has 0 atom stereocenters. The Morgan fingerprint density at radius 3 is 2.76 bits per heavy atom. The summed E-state index contributed by atoms with van der Waals surface area (Å²) < 4.78 is 17.0. The second kappa shape index (κ2) is 5.06. The summed E-state index contributed by atoms with van der Waals surface area (Å²) in [5, 5.41) is 19.8. The highest BCUT2D eigenvalue weighted by atomic mass is 19.1. The quantitative estimate of drug-likeness (QED) is 0.286. The van der Waals surface area contributed by atoms with Crippen molar-refractivity contribution in [3.05, 3.63) is 45.5 Å². The molecule has 90 valence electrons. The first-order chi connectivity index (χ1) is 7.95. The number of carbonyl (C=O) groups excluding carboxylic acids is 1. The van der Waals surface area contributed by atoms with Crippen molar-refractivity contribution in [3.8, 4) is 0 Å². The van der Waals surface area contributed by atoms with E-state index in [9.17, 15) is 24.4 Å². The lowest BCUT2D eigenvalue weighted by Crippen LogP contribution is -2.04. The average molecular weight is 241 g/mol. The standard InChI is InChI=1S/C10H8FNO5/c1-17-10(14)9(13)4-6-2-3-7(11)5-8(6)12(15)16/h2-5,13H,1H3/b9-4+. The van der Waals surface area contributed by atoms with Crippen LogP contribution in [0.4, 0.5) is 10.1 Å². The summed E-state index contributed by atoms with van der Waals surface area (Å²) in [6.07, 6.45) is 0.837. The van der Waals surface area contributed by atoms with Gasteiger partial charge < -0.3 is 9.84 Å². The van der Waals surface area contributed by atoms with Crippen LogP contribution in [-0.4, -0.2) is 23.1 Å². The lowest BCUT2D eigenvalue weighted by molar-refractivity contribution is -0.385. The highest BCUT2D eigenvalue weighted by molar-refractivity contribution is 5.91. The van der Waals surface area contributed by atoms with Crippen LogP contribution < -0.4 is 0 Å². The van der Waals surface area contributed by atoms with Gasteiger partial charge in [-0.15, -0.1) is 0 Å². The summed E-state index contributed by atoms with van der Waals surface area (Å²) in [7, 11) is 1.05. The van der Waals surface area contributed by atoms with Crippen LogP contribution in [0, 0.1) is 15.9 Å². The molecule has 7 heteroatoms. The van der Waals surface area contributed by atoms with Crippen LogP contribution in [0.15, 0.2) is 24.0 Å². The van der Waals surface area contributed by atoms with Gasteiger partial charge in [-0.25, -0.2) is 9.18 Å². The molecule has 0 aliphatic carbocycles. The molecule has 0 saturated carbocycles. The Hall–Kier alpha value is -2.44. The zero-order valence-corrected chi connectivity index (χ0v) is 8.71. The molecule has 0 aliphatic heterocycles. The summed E-state index contributed by atoms with van der Waals surface area (Å²) in [6.45, 7) is 0. The fourth-order valence-corrected chi connectivity index (χ4v) is 1.11. The first-order valence-corrected chi connectivity index (χ1v) is 4.38. The summed E-state index contributed by atoms with van der Waals surface area (Å²) in [6, 6.07) is 2.74. The maximum absolute atomic E-state index is 12.8. The number of nitro groups is 1. The van der Waals surface area contributed by atoms with E-state index in [1.807, 2.05) is 0 Å². The van der Waals surface area contributed by atoms with Crippen molar-refractivity contribution < 1.29 is 24.0 Å². The molecule has 1 aromatic rings. The van der Waals surface area contributed by atoms with Crippen LogP contribution in [0.2, 0.25) is 0 Å². The van der Waals surface area contributed by atoms with E-state index in [2.05, 4.69) is 4.74 Å². The third-order valence-corrected chi connectivity index (χ3v) is 1.88. The molecule has 1 rings (SSSR count). The van der Waals surface area contributed by atoms with Gasteiger partial charge >= 0.3 is 5.97 Å². The molecule has 1 aromatic carbocycles. The van der Waals surface area contributed by atoms with Gasteiger partial charge in [-0.2, -0.15) is 0 Å². The van der Waals surface area contributed by atoms with Gasteiger partial charge in [0.05, 0.1) is 23.7 Å². The third kappa shape index (κ3) is 3.00. The Kier molecular flexibility index (Phi) is 3.76. The van der Waals surface area contributed by atoms with E-state index in [0.717, 1.165) is 25.3 Å². The Labute approximate surface area is 95.1 Å². The number of benzene rings is 1. The van der Waals surface area contributed by atoms with Gasteiger partial charge in [-0.05, 0) is 12.1 Å². The van der Waals surface area contributed by atoms with Gasteiger partial charge in [0, 0.05) is 6.08 Å². The van der Waals surface area contributed by atoms with Gasteiger partial charge in [0.2, 0.25) is 5.76 Å². The van der Waals surface area contributed by atoms with Crippen molar-refractivity contribution in [2.24, 2.45) is 0 Å². The number of hydrogen-bond acceptors (Lipinski definition) is 5. The van der Waals surface area contributed by atoms with E-state index in [-0.39, 0.29) is 5.56 Å². The predicted molar refractivity (Wildman–Crippen MR) is 55.7 cm³/mol. The van der Waals surface area contributed by atoms with E-state index < -0.39 is 28.2 Å². The number of nitro benzene ring substituents is 1. The van der Waals surface area contributed by atoms with E-state index in [1.165, 1.54) is 0 Å². The summed E-state index contributed by atoms with van der Waals surface area (Å²) in [5.74, 6) is -2.63. The minimum absolute atomic E-state index is 0.0979. The fraction of sp³-hybridized carbons (Fsp3) is 0.100. The van der Waals surface area contributed by atoms with Crippen molar-refractivity contribution in [1.82, 2.24) is 0 Å². The van der Waals surface area contributed by atoms with Crippen LogP contribution >= 0.6 is 0 Å². The molecule has 0 saturated heterocycles. The van der Waals surface area contributed by atoms with Crippen molar-refractivity contribution in [1.29, 1.82) is 0 Å². The third-order valence-electron chi connectivity index (χ3n) is 1.88. The number of rotatable bonds is 3. The molecule has 17 heavy (non-hydrogen) atoms. The summed E-state index contributed by atoms with van der Waals surface area (Å²) in [4.78, 5) is 20.7. The van der Waals surface area contributed by atoms with Gasteiger partial charge in [-0.3, -0.25) is 10.1 Å². The zero-order valence-electron chi connectivity index (χ0n) is 8.71. The molecule has 0 spiro atoms. The number of halogens is 1. The SMILES string of the molecule is COC(=O)/C(O)=C\c1ccc(F)cc1[N+](=O)[O-]. The van der Waals surface area contributed by atoms with Crippen LogP contribution in [0.3, 0.4) is 0 Å². The Morgan fingerprint density at radius 2 is 2.24 bits per heavy atom. The molecular weight excluding hydrogens is 233 g/mol. The molecule has 0 aromatic heterocycles. The lowest BCUT2D eigenvalue weighted by Gasteiger charge is -2.00. The maximum atomic E-state index is 12.8. The number of nitrogens with zero attached hydrogens (tertiary/aromatic N) is 1. The van der Waals surface area contributed by atoms with E-state index >= 15 is 0 Å². The monoisotopic (exact) mass is 241 g/mol. The number of hydrogen-bond donors (Lipinski definition) is 1. The molecular formula is C10H8FNO5. The lowest BCUT2D eigenvalue weighted by atomic mass is 10.1. The molecule has 0 heterocycles. The number of carbonyl (C=O) groups is 1. The second-order valence-corrected chi connectivity index (χ2v) is 2.98. The number of aliphatic hydroxyl groups is 1. The molecule has 1 N–H and O–H groups in total. The number of methoxy groups -OCH3 is 1. The molecule has 6 nitrogen and oxygen atoms in total. The van der Waals surface area contributed by atoms with Gasteiger partial charge in [0.15, 0.2) is 0 Å². The molecule has 0 fully saturated rings. The number of aliphatic hydroxyl groups excluding tert-OH is 1. The van der Waals surface area contributed by atoms with Crippen LogP contribution in [0.1, 0.15) is 5.56 Å². The first kappa shape index (κ1) is 12.6. The Morgan fingerprint density at radius 1 is 1.59 bits per heavy atom. The van der Waals surface area contributed by atoms with Crippen LogP contribution in [-0.2, 0) is 9.53 Å². The topological polar surface area (TPSA) is 89.7 Å². The van der Waals surface area contributed by atoms with E-state index in [1.54, 1.807) is 0 Å². The first-order valence-electron chi connectivity index (χ1n) is 4.38. The largest absolute Gasteiger partial charge is 0.502 e. The van der Waals surface area contributed by atoms with E-state index in [4.69, 9.17) is 0 Å².